The molecule has 0 radical (unpaired) electrons. The highest BCUT2D eigenvalue weighted by atomic mass is 19.1. The number of hydrogen-bond acceptors (Lipinski definition) is 4. The molecule has 8 heteroatoms. The van der Waals surface area contributed by atoms with E-state index < -0.39 is 18.2 Å². The first-order chi connectivity index (χ1) is 20.2. The molecule has 3 aromatic carbocycles. The standard InChI is InChI=1S/C34H37FN2O5/c1-22(2)32-31(34(41)36-26-12-8-5-9-13-26)30(23-10-6-4-7-11-23)33(24-14-16-25(35)17-15-24)37(32)19-18-27(38)20-28(42-3)21-29(39)40/h4-17,22,27-28,38H,18-21H2,1-3H3,(H,36,41)(H,39,40)/t27-,28?/m1/s1. The number of amides is 1. The van der Waals surface area contributed by atoms with Gasteiger partial charge in [-0.15, -0.1) is 0 Å². The molecule has 3 N–H and O–H groups in total. The monoisotopic (exact) mass is 572 g/mol. The Kier molecular flexibility index (Phi) is 10.3. The fraction of sp³-hybridized carbons (Fsp3) is 0.294. The summed E-state index contributed by atoms with van der Waals surface area (Å²) in [4.78, 5) is 25.3. The Hall–Kier alpha value is -4.27. The minimum atomic E-state index is -0.998. The van der Waals surface area contributed by atoms with Crippen molar-refractivity contribution in [3.8, 4) is 22.4 Å². The lowest BCUT2D eigenvalue weighted by Gasteiger charge is -2.21. The lowest BCUT2D eigenvalue weighted by atomic mass is 9.94. The molecule has 0 bridgehead atoms. The third kappa shape index (κ3) is 7.32. The number of nitrogens with zero attached hydrogens (tertiary/aromatic N) is 1. The normalized spacial score (nSPS) is 12.7. The number of benzene rings is 3. The minimum Gasteiger partial charge on any atom is -0.481 e. The zero-order chi connectivity index (χ0) is 30.2. The lowest BCUT2D eigenvalue weighted by Crippen LogP contribution is -2.24. The number of carbonyl (C=O) groups excluding carboxylic acids is 1. The molecule has 42 heavy (non-hydrogen) atoms. The average Bonchev–Trinajstić information content (AvgIpc) is 3.32. The maximum Gasteiger partial charge on any atom is 0.305 e. The summed E-state index contributed by atoms with van der Waals surface area (Å²) in [5.74, 6) is -1.73. The molecule has 1 aromatic heterocycles. The largest absolute Gasteiger partial charge is 0.481 e. The number of rotatable bonds is 13. The van der Waals surface area contributed by atoms with Crippen LogP contribution in [0.2, 0.25) is 0 Å². The fourth-order valence-electron chi connectivity index (χ4n) is 5.37. The Morgan fingerprint density at radius 2 is 1.55 bits per heavy atom. The van der Waals surface area contributed by atoms with Crippen LogP contribution >= 0.6 is 0 Å². The van der Waals surface area contributed by atoms with Crippen molar-refractivity contribution in [1.29, 1.82) is 0 Å². The van der Waals surface area contributed by atoms with Gasteiger partial charge in [-0.05, 0) is 59.9 Å². The Morgan fingerprint density at radius 1 is 0.929 bits per heavy atom. The number of carbonyl (C=O) groups is 2. The number of anilines is 1. The maximum absolute atomic E-state index is 14.1. The summed E-state index contributed by atoms with van der Waals surface area (Å²) >= 11 is 0. The molecule has 0 saturated heterocycles. The molecule has 1 unspecified atom stereocenters. The third-order valence-corrected chi connectivity index (χ3v) is 7.25. The molecule has 4 rings (SSSR count). The Balaban J connectivity index is 1.88. The molecule has 4 aromatic rings. The molecule has 0 aliphatic rings. The van der Waals surface area contributed by atoms with Gasteiger partial charge in [0.15, 0.2) is 0 Å². The van der Waals surface area contributed by atoms with Crippen LogP contribution in [0.5, 0.6) is 0 Å². The molecule has 0 aliphatic heterocycles. The van der Waals surface area contributed by atoms with E-state index in [0.717, 1.165) is 28.1 Å². The number of aliphatic carboxylic acids is 1. The smallest absolute Gasteiger partial charge is 0.305 e. The van der Waals surface area contributed by atoms with E-state index >= 15 is 0 Å². The van der Waals surface area contributed by atoms with Gasteiger partial charge in [0.25, 0.3) is 5.91 Å². The molecule has 220 valence electrons. The summed E-state index contributed by atoms with van der Waals surface area (Å²) in [6.45, 7) is 4.36. The molecule has 1 heterocycles. The topological polar surface area (TPSA) is 101 Å². The van der Waals surface area contributed by atoms with Gasteiger partial charge >= 0.3 is 5.97 Å². The van der Waals surface area contributed by atoms with Crippen molar-refractivity contribution in [2.75, 3.05) is 12.4 Å². The van der Waals surface area contributed by atoms with Crippen LogP contribution < -0.4 is 5.32 Å². The van der Waals surface area contributed by atoms with E-state index in [-0.39, 0.29) is 36.9 Å². The zero-order valence-corrected chi connectivity index (χ0v) is 24.1. The van der Waals surface area contributed by atoms with Crippen molar-refractivity contribution in [2.45, 2.75) is 57.8 Å². The van der Waals surface area contributed by atoms with E-state index in [0.29, 0.717) is 17.8 Å². The van der Waals surface area contributed by atoms with Gasteiger partial charge in [-0.3, -0.25) is 9.59 Å². The van der Waals surface area contributed by atoms with E-state index in [1.165, 1.54) is 19.2 Å². The first-order valence-electron chi connectivity index (χ1n) is 14.1. The van der Waals surface area contributed by atoms with Crippen LogP contribution in [-0.4, -0.2) is 46.0 Å². The van der Waals surface area contributed by atoms with E-state index in [9.17, 15) is 24.2 Å². The molecular formula is C34H37FN2O5. The highest BCUT2D eigenvalue weighted by Gasteiger charge is 2.31. The van der Waals surface area contributed by atoms with Crippen LogP contribution in [-0.2, 0) is 16.1 Å². The van der Waals surface area contributed by atoms with E-state index in [4.69, 9.17) is 4.74 Å². The van der Waals surface area contributed by atoms with Crippen LogP contribution in [0.15, 0.2) is 84.9 Å². The summed E-state index contributed by atoms with van der Waals surface area (Å²) in [7, 11) is 1.43. The van der Waals surface area contributed by atoms with E-state index in [1.54, 1.807) is 12.1 Å². The minimum absolute atomic E-state index is 0.0888. The van der Waals surface area contributed by atoms with Crippen molar-refractivity contribution >= 4 is 17.6 Å². The van der Waals surface area contributed by atoms with Gasteiger partial charge in [-0.1, -0.05) is 62.4 Å². The van der Waals surface area contributed by atoms with E-state index in [2.05, 4.69) is 5.32 Å². The molecule has 0 saturated carbocycles. The molecular weight excluding hydrogens is 535 g/mol. The Morgan fingerprint density at radius 3 is 2.12 bits per heavy atom. The highest BCUT2D eigenvalue weighted by Crippen LogP contribution is 2.42. The first-order valence-corrected chi connectivity index (χ1v) is 14.1. The molecule has 7 nitrogen and oxygen atoms in total. The van der Waals surface area contributed by atoms with Crippen molar-refractivity contribution in [3.05, 3.63) is 102 Å². The number of carboxylic acids is 1. The molecule has 2 atom stereocenters. The SMILES string of the molecule is COC(CC(=O)O)C[C@H](O)CCn1c(-c2ccc(F)cc2)c(-c2ccccc2)c(C(=O)Nc2ccccc2)c1C(C)C. The summed E-state index contributed by atoms with van der Waals surface area (Å²) in [6.07, 6.45) is -1.25. The van der Waals surface area contributed by atoms with Crippen LogP contribution in [0, 0.1) is 5.82 Å². The highest BCUT2D eigenvalue weighted by molar-refractivity contribution is 6.12. The average molecular weight is 573 g/mol. The van der Waals surface area contributed by atoms with Gasteiger partial charge in [0, 0.05) is 37.0 Å². The van der Waals surface area contributed by atoms with Gasteiger partial charge in [-0.2, -0.15) is 0 Å². The van der Waals surface area contributed by atoms with Crippen LogP contribution in [0.25, 0.3) is 22.4 Å². The van der Waals surface area contributed by atoms with Crippen molar-refractivity contribution in [3.63, 3.8) is 0 Å². The van der Waals surface area contributed by atoms with Crippen LogP contribution in [0.4, 0.5) is 10.1 Å². The van der Waals surface area contributed by atoms with Gasteiger partial charge in [0.05, 0.1) is 29.9 Å². The molecule has 0 aliphatic carbocycles. The van der Waals surface area contributed by atoms with E-state index in [1.807, 2.05) is 79.1 Å². The summed E-state index contributed by atoms with van der Waals surface area (Å²) in [5, 5.41) is 23.2. The number of ether oxygens (including phenoxy) is 1. The van der Waals surface area contributed by atoms with Gasteiger partial charge < -0.3 is 24.8 Å². The maximum atomic E-state index is 14.1. The summed E-state index contributed by atoms with van der Waals surface area (Å²) in [6, 6.07) is 25.0. The van der Waals surface area contributed by atoms with Crippen molar-refractivity contribution < 1.29 is 28.9 Å². The predicted octanol–water partition coefficient (Wildman–Crippen LogP) is 6.97. The number of methoxy groups -OCH3 is 1. The molecule has 0 fully saturated rings. The number of carboxylic acid groups (broad SMARTS) is 1. The van der Waals surface area contributed by atoms with Crippen LogP contribution in [0.3, 0.4) is 0 Å². The second-order valence-electron chi connectivity index (χ2n) is 10.6. The second kappa shape index (κ2) is 14.1. The number of hydrogen-bond donors (Lipinski definition) is 3. The van der Waals surface area contributed by atoms with Crippen molar-refractivity contribution in [1.82, 2.24) is 4.57 Å². The number of nitrogens with one attached hydrogen (secondary N) is 1. The van der Waals surface area contributed by atoms with Crippen molar-refractivity contribution in [2.24, 2.45) is 0 Å². The third-order valence-electron chi connectivity index (χ3n) is 7.25. The summed E-state index contributed by atoms with van der Waals surface area (Å²) < 4.78 is 21.4. The number of halogens is 1. The van der Waals surface area contributed by atoms with Gasteiger partial charge in [0.2, 0.25) is 0 Å². The predicted molar refractivity (Wildman–Crippen MR) is 162 cm³/mol. The first kappa shape index (κ1) is 30.7. The molecule has 0 spiro atoms. The zero-order valence-electron chi connectivity index (χ0n) is 24.1. The Labute approximate surface area is 245 Å². The Bertz CT molecular complexity index is 1480. The number of aliphatic hydroxyl groups excluding tert-OH is 1. The van der Waals surface area contributed by atoms with Gasteiger partial charge in [-0.25, -0.2) is 4.39 Å². The second-order valence-corrected chi connectivity index (χ2v) is 10.6. The lowest BCUT2D eigenvalue weighted by molar-refractivity contribution is -0.140. The number of aliphatic hydroxyl groups is 1. The summed E-state index contributed by atoms with van der Waals surface area (Å²) in [5.41, 5.74) is 4.96. The number of para-hydroxylation sites is 1. The number of aromatic nitrogens is 1. The fourth-order valence-corrected chi connectivity index (χ4v) is 5.37. The van der Waals surface area contributed by atoms with Crippen LogP contribution in [0.1, 0.15) is 55.1 Å². The van der Waals surface area contributed by atoms with Gasteiger partial charge in [0.1, 0.15) is 5.82 Å². The quantitative estimate of drug-likeness (QED) is 0.161. The molecule has 1 amide bonds.